The molecule has 0 bridgehead atoms. The van der Waals surface area contributed by atoms with E-state index in [1.54, 1.807) is 44.3 Å². The minimum absolute atomic E-state index is 0.109. The van der Waals surface area contributed by atoms with E-state index in [1.165, 1.54) is 28.4 Å². The SMILES string of the molecule is Cc1ccc(S(=O)(=O)Nc2c(C)n(C)n(-c3ccccc3)c2=O)cc1C(=O)[O-]. The van der Waals surface area contributed by atoms with E-state index in [2.05, 4.69) is 4.72 Å². The van der Waals surface area contributed by atoms with Crippen LogP contribution in [-0.4, -0.2) is 23.8 Å². The first kappa shape index (κ1) is 19.4. The molecular weight excluding hydrogens is 382 g/mol. The molecule has 9 heteroatoms. The van der Waals surface area contributed by atoms with E-state index < -0.39 is 21.6 Å². The number of hydrogen-bond acceptors (Lipinski definition) is 5. The Hall–Kier alpha value is -3.33. The first-order valence-corrected chi connectivity index (χ1v) is 9.80. The molecule has 2 aromatic carbocycles. The van der Waals surface area contributed by atoms with Crippen LogP contribution in [0.5, 0.6) is 0 Å². The minimum Gasteiger partial charge on any atom is -0.545 e. The lowest BCUT2D eigenvalue weighted by Crippen LogP contribution is -2.25. The third-order valence-corrected chi connectivity index (χ3v) is 5.88. The maximum absolute atomic E-state index is 12.9. The van der Waals surface area contributed by atoms with Crippen molar-refractivity contribution in [3.8, 4) is 5.69 Å². The molecule has 0 amide bonds. The second-order valence-corrected chi connectivity index (χ2v) is 7.99. The maximum Gasteiger partial charge on any atom is 0.296 e. The van der Waals surface area contributed by atoms with Gasteiger partial charge in [-0.3, -0.25) is 14.2 Å². The zero-order valence-electron chi connectivity index (χ0n) is 15.5. The summed E-state index contributed by atoms with van der Waals surface area (Å²) in [6.07, 6.45) is 0. The number of nitrogens with one attached hydrogen (secondary N) is 1. The van der Waals surface area contributed by atoms with Gasteiger partial charge in [0, 0.05) is 12.6 Å². The first-order chi connectivity index (χ1) is 13.1. The lowest BCUT2D eigenvalue weighted by atomic mass is 10.1. The molecule has 3 aromatic rings. The third kappa shape index (κ3) is 3.31. The highest BCUT2D eigenvalue weighted by atomic mass is 32.2. The molecular formula is C19H18N3O5S-. The topological polar surface area (TPSA) is 113 Å². The number of carbonyl (C=O) groups excluding carboxylic acids is 1. The molecule has 3 rings (SSSR count). The molecule has 146 valence electrons. The van der Waals surface area contributed by atoms with Gasteiger partial charge in [-0.15, -0.1) is 0 Å². The highest BCUT2D eigenvalue weighted by Gasteiger charge is 2.23. The Morgan fingerprint density at radius 3 is 2.32 bits per heavy atom. The van der Waals surface area contributed by atoms with Gasteiger partial charge in [0.15, 0.2) is 0 Å². The number of aromatic nitrogens is 2. The van der Waals surface area contributed by atoms with Crippen LogP contribution in [0.4, 0.5) is 5.69 Å². The van der Waals surface area contributed by atoms with Crippen LogP contribution < -0.4 is 15.4 Å². The van der Waals surface area contributed by atoms with Crippen LogP contribution in [0.15, 0.2) is 58.2 Å². The minimum atomic E-state index is -4.18. The van der Waals surface area contributed by atoms with Gasteiger partial charge in [-0.2, -0.15) is 0 Å². The molecule has 1 aromatic heterocycles. The van der Waals surface area contributed by atoms with Crippen molar-refractivity contribution in [2.75, 3.05) is 4.72 Å². The van der Waals surface area contributed by atoms with E-state index in [1.807, 2.05) is 0 Å². The van der Waals surface area contributed by atoms with E-state index in [4.69, 9.17) is 0 Å². The zero-order valence-corrected chi connectivity index (χ0v) is 16.3. The molecule has 0 radical (unpaired) electrons. The molecule has 8 nitrogen and oxygen atoms in total. The number of carboxylic acids is 1. The number of hydrogen-bond donors (Lipinski definition) is 1. The average molecular weight is 400 g/mol. The number of para-hydroxylation sites is 1. The highest BCUT2D eigenvalue weighted by Crippen LogP contribution is 2.20. The number of benzene rings is 2. The van der Waals surface area contributed by atoms with Crippen LogP contribution in [0.3, 0.4) is 0 Å². The Kier molecular flexibility index (Phi) is 4.86. The predicted octanol–water partition coefficient (Wildman–Crippen LogP) is 0.957. The summed E-state index contributed by atoms with van der Waals surface area (Å²) in [5.74, 6) is -1.48. The summed E-state index contributed by atoms with van der Waals surface area (Å²) in [7, 11) is -2.54. The summed E-state index contributed by atoms with van der Waals surface area (Å²) in [4.78, 5) is 23.8. The Morgan fingerprint density at radius 2 is 1.71 bits per heavy atom. The van der Waals surface area contributed by atoms with Gasteiger partial charge in [0.2, 0.25) is 0 Å². The zero-order chi connectivity index (χ0) is 20.6. The first-order valence-electron chi connectivity index (χ1n) is 8.32. The number of nitrogens with zero attached hydrogens (tertiary/aromatic N) is 2. The Balaban J connectivity index is 2.09. The van der Waals surface area contributed by atoms with Crippen LogP contribution in [0.25, 0.3) is 5.69 Å². The van der Waals surface area contributed by atoms with E-state index in [-0.39, 0.29) is 16.1 Å². The fourth-order valence-corrected chi connectivity index (χ4v) is 4.01. The molecule has 0 aliphatic rings. The summed E-state index contributed by atoms with van der Waals surface area (Å²) in [5.41, 5.74) is 0.488. The number of rotatable bonds is 5. The van der Waals surface area contributed by atoms with Crippen molar-refractivity contribution in [1.82, 2.24) is 9.36 Å². The van der Waals surface area contributed by atoms with Crippen molar-refractivity contribution < 1.29 is 18.3 Å². The van der Waals surface area contributed by atoms with E-state index >= 15 is 0 Å². The van der Waals surface area contributed by atoms with Gasteiger partial charge >= 0.3 is 0 Å². The van der Waals surface area contributed by atoms with Crippen LogP contribution in [0.1, 0.15) is 21.6 Å². The summed E-state index contributed by atoms with van der Waals surface area (Å²) >= 11 is 0. The van der Waals surface area contributed by atoms with Crippen LogP contribution in [-0.2, 0) is 17.1 Å². The van der Waals surface area contributed by atoms with Crippen molar-refractivity contribution >= 4 is 21.7 Å². The quantitative estimate of drug-likeness (QED) is 0.685. The molecule has 0 aliphatic heterocycles. The lowest BCUT2D eigenvalue weighted by molar-refractivity contribution is -0.255. The van der Waals surface area contributed by atoms with Crippen molar-refractivity contribution in [2.24, 2.45) is 7.05 Å². The van der Waals surface area contributed by atoms with Gasteiger partial charge < -0.3 is 9.90 Å². The normalized spacial score (nSPS) is 11.4. The number of sulfonamides is 1. The smallest absolute Gasteiger partial charge is 0.296 e. The Bertz CT molecular complexity index is 1220. The standard InChI is InChI=1S/C19H19N3O5S/c1-12-9-10-15(11-16(12)19(24)25)28(26,27)20-17-13(2)21(3)22(18(17)23)14-7-5-4-6-8-14/h4-11,20H,1-3H3,(H,24,25)/p-1. The largest absolute Gasteiger partial charge is 0.545 e. The number of anilines is 1. The molecule has 0 atom stereocenters. The Morgan fingerprint density at radius 1 is 1.07 bits per heavy atom. The van der Waals surface area contributed by atoms with Crippen molar-refractivity contribution in [3.63, 3.8) is 0 Å². The molecule has 0 unspecified atom stereocenters. The van der Waals surface area contributed by atoms with Gasteiger partial charge in [-0.25, -0.2) is 13.1 Å². The third-order valence-electron chi connectivity index (χ3n) is 4.53. The monoisotopic (exact) mass is 400 g/mol. The van der Waals surface area contributed by atoms with Gasteiger partial charge in [0.25, 0.3) is 15.6 Å². The van der Waals surface area contributed by atoms with Crippen LogP contribution >= 0.6 is 0 Å². The number of aromatic carboxylic acids is 1. The van der Waals surface area contributed by atoms with Gasteiger partial charge in [0.1, 0.15) is 5.69 Å². The summed E-state index contributed by atoms with van der Waals surface area (Å²) in [5, 5.41) is 11.2. The maximum atomic E-state index is 12.9. The van der Waals surface area contributed by atoms with Crippen molar-refractivity contribution in [2.45, 2.75) is 18.7 Å². The van der Waals surface area contributed by atoms with E-state index in [9.17, 15) is 23.1 Å². The molecule has 28 heavy (non-hydrogen) atoms. The number of aryl methyl sites for hydroxylation is 1. The van der Waals surface area contributed by atoms with Crippen LogP contribution in [0, 0.1) is 13.8 Å². The number of carbonyl (C=O) groups is 1. The molecule has 0 fully saturated rings. The van der Waals surface area contributed by atoms with Crippen LogP contribution in [0.2, 0.25) is 0 Å². The molecule has 0 aliphatic carbocycles. The van der Waals surface area contributed by atoms with Gasteiger partial charge in [-0.05, 0) is 43.7 Å². The second-order valence-electron chi connectivity index (χ2n) is 6.31. The molecule has 0 spiro atoms. The predicted molar refractivity (Wildman–Crippen MR) is 102 cm³/mol. The average Bonchev–Trinajstić information content (AvgIpc) is 2.85. The fraction of sp³-hybridized carbons (Fsp3) is 0.158. The molecule has 1 heterocycles. The molecule has 0 saturated carbocycles. The van der Waals surface area contributed by atoms with Gasteiger partial charge in [-0.1, -0.05) is 24.3 Å². The summed E-state index contributed by atoms with van der Waals surface area (Å²) < 4.78 is 30.7. The Labute approximate surface area is 161 Å². The fourth-order valence-electron chi connectivity index (χ4n) is 2.87. The highest BCUT2D eigenvalue weighted by molar-refractivity contribution is 7.92. The summed E-state index contributed by atoms with van der Waals surface area (Å²) in [6, 6.07) is 12.5. The summed E-state index contributed by atoms with van der Waals surface area (Å²) in [6.45, 7) is 3.15. The molecule has 0 saturated heterocycles. The number of carboxylic acid groups (broad SMARTS) is 1. The van der Waals surface area contributed by atoms with Crippen molar-refractivity contribution in [1.29, 1.82) is 0 Å². The van der Waals surface area contributed by atoms with Crippen molar-refractivity contribution in [3.05, 3.63) is 75.7 Å². The lowest BCUT2D eigenvalue weighted by Gasteiger charge is -2.11. The van der Waals surface area contributed by atoms with Gasteiger partial charge in [0.05, 0.1) is 22.2 Å². The van der Waals surface area contributed by atoms with E-state index in [0.29, 0.717) is 16.9 Å². The van der Waals surface area contributed by atoms with E-state index in [0.717, 1.165) is 6.07 Å². The molecule has 1 N–H and O–H groups in total. The second kappa shape index (κ2) is 7.01.